The van der Waals surface area contributed by atoms with Crippen molar-refractivity contribution in [2.75, 3.05) is 24.2 Å². The lowest BCUT2D eigenvalue weighted by Gasteiger charge is -2.11. The first kappa shape index (κ1) is 21.0. The average Bonchev–Trinajstić information content (AvgIpc) is 2.74. The van der Waals surface area contributed by atoms with Crippen molar-refractivity contribution >= 4 is 29.2 Å². The minimum Gasteiger partial charge on any atom is -0.492 e. The number of hydrogen-bond acceptors (Lipinski definition) is 8. The number of ether oxygens (including phenoxy) is 1. The Morgan fingerprint density at radius 3 is 2.67 bits per heavy atom. The van der Waals surface area contributed by atoms with Gasteiger partial charge in [-0.05, 0) is 42.8 Å². The minimum absolute atomic E-state index is 0.148. The maximum atomic E-state index is 7.02. The van der Waals surface area contributed by atoms with Gasteiger partial charge < -0.3 is 21.6 Å². The van der Waals surface area contributed by atoms with Gasteiger partial charge in [-0.25, -0.2) is 10.5 Å². The van der Waals surface area contributed by atoms with E-state index in [2.05, 4.69) is 25.5 Å². The first-order valence-electron chi connectivity index (χ1n) is 9.04. The van der Waals surface area contributed by atoms with Gasteiger partial charge in [-0.2, -0.15) is 10.1 Å². The Labute approximate surface area is 178 Å². The highest BCUT2D eigenvalue weighted by Crippen LogP contribution is 2.28. The Hall–Kier alpha value is -3.72. The Morgan fingerprint density at radius 2 is 1.97 bits per heavy atom. The zero-order chi connectivity index (χ0) is 21.5. The maximum Gasteiger partial charge on any atom is 0.222 e. The average molecular weight is 425 g/mol. The largest absolute Gasteiger partial charge is 0.492 e. The van der Waals surface area contributed by atoms with Crippen molar-refractivity contribution in [1.82, 2.24) is 9.97 Å². The first-order valence-corrected chi connectivity index (χ1v) is 9.42. The predicted molar refractivity (Wildman–Crippen MR) is 118 cm³/mol. The molecule has 0 spiro atoms. The van der Waals surface area contributed by atoms with E-state index in [0.29, 0.717) is 41.0 Å². The number of hydrazone groups is 1. The molecule has 0 radical (unpaired) electrons. The molecule has 0 aliphatic heterocycles. The molecule has 1 heterocycles. The molecule has 0 fully saturated rings. The number of nitrogen functional groups attached to an aromatic ring is 1. The van der Waals surface area contributed by atoms with Crippen molar-refractivity contribution in [3.63, 3.8) is 0 Å². The van der Waals surface area contributed by atoms with Crippen molar-refractivity contribution in [3.8, 4) is 17.0 Å². The topological polar surface area (TPSA) is 148 Å². The molecule has 0 saturated carbocycles. The molecule has 0 saturated heterocycles. The molecule has 0 unspecified atom stereocenters. The molecule has 6 N–H and O–H groups in total. The van der Waals surface area contributed by atoms with E-state index in [1.807, 2.05) is 31.2 Å². The number of aromatic nitrogens is 2. The lowest BCUT2D eigenvalue weighted by Crippen LogP contribution is -2.13. The van der Waals surface area contributed by atoms with Crippen LogP contribution in [0.1, 0.15) is 11.1 Å². The van der Waals surface area contributed by atoms with Crippen LogP contribution in [-0.4, -0.2) is 29.0 Å². The predicted octanol–water partition coefficient (Wildman–Crippen LogP) is 3.83. The molecule has 2 aromatic carbocycles. The summed E-state index contributed by atoms with van der Waals surface area (Å²) < 4.78 is 5.71. The number of nitrogens with zero attached hydrogens (tertiary/aromatic N) is 4. The van der Waals surface area contributed by atoms with E-state index in [0.717, 1.165) is 11.1 Å². The van der Waals surface area contributed by atoms with Crippen molar-refractivity contribution in [3.05, 3.63) is 64.7 Å². The monoisotopic (exact) mass is 424 g/mol. The van der Waals surface area contributed by atoms with Gasteiger partial charge in [0.1, 0.15) is 18.2 Å². The molecule has 0 atom stereocenters. The zero-order valence-electron chi connectivity index (χ0n) is 16.3. The van der Waals surface area contributed by atoms with Gasteiger partial charge in [0.25, 0.3) is 0 Å². The number of benzene rings is 2. The summed E-state index contributed by atoms with van der Waals surface area (Å²) in [7, 11) is 0. The Morgan fingerprint density at radius 1 is 1.20 bits per heavy atom. The van der Waals surface area contributed by atoms with E-state index in [4.69, 9.17) is 33.4 Å². The summed E-state index contributed by atoms with van der Waals surface area (Å²) in [5.74, 6) is 6.77. The summed E-state index contributed by atoms with van der Waals surface area (Å²) in [5.41, 5.74) is 16.1. The third kappa shape index (κ3) is 5.00. The number of hydrogen-bond donors (Lipinski definition) is 4. The van der Waals surface area contributed by atoms with Crippen LogP contribution in [-0.2, 0) is 0 Å². The molecule has 0 aliphatic rings. The van der Waals surface area contributed by atoms with Crippen LogP contribution in [0.5, 0.6) is 5.75 Å². The van der Waals surface area contributed by atoms with Gasteiger partial charge in [0.05, 0.1) is 12.2 Å². The molecular weight excluding hydrogens is 404 g/mol. The third-order valence-corrected chi connectivity index (χ3v) is 4.71. The van der Waals surface area contributed by atoms with E-state index in [1.54, 1.807) is 24.3 Å². The van der Waals surface area contributed by atoms with Gasteiger partial charge in [0, 0.05) is 22.2 Å². The molecule has 0 aliphatic carbocycles. The van der Waals surface area contributed by atoms with E-state index >= 15 is 0 Å². The molecule has 0 amide bonds. The van der Waals surface area contributed by atoms with Crippen LogP contribution in [0.15, 0.2) is 58.7 Å². The van der Waals surface area contributed by atoms with Crippen molar-refractivity contribution in [2.24, 2.45) is 16.1 Å². The van der Waals surface area contributed by atoms with Gasteiger partial charge in [0.2, 0.25) is 5.95 Å². The summed E-state index contributed by atoms with van der Waals surface area (Å²) >= 11 is 6.21. The molecule has 0 bridgehead atoms. The molecule has 30 heavy (non-hydrogen) atoms. The second-order valence-corrected chi connectivity index (χ2v) is 6.68. The van der Waals surface area contributed by atoms with Crippen molar-refractivity contribution in [2.45, 2.75) is 6.92 Å². The summed E-state index contributed by atoms with van der Waals surface area (Å²) in [6.07, 6.45) is 0. The van der Waals surface area contributed by atoms with Crippen molar-refractivity contribution in [1.29, 1.82) is 5.53 Å². The number of halogens is 1. The fourth-order valence-corrected chi connectivity index (χ4v) is 2.97. The third-order valence-electron chi connectivity index (χ3n) is 4.30. The maximum absolute atomic E-state index is 7.02. The van der Waals surface area contributed by atoms with Crippen LogP contribution in [0.3, 0.4) is 0 Å². The molecule has 154 valence electrons. The number of rotatable bonds is 7. The van der Waals surface area contributed by atoms with Crippen LogP contribution in [0.4, 0.5) is 11.8 Å². The molecule has 3 aromatic rings. The van der Waals surface area contributed by atoms with Crippen LogP contribution in [0, 0.1) is 12.5 Å². The highest BCUT2D eigenvalue weighted by Gasteiger charge is 2.09. The quantitative estimate of drug-likeness (QED) is 0.113. The SMILES string of the molecule is Cc1c(Cl)cccc1-c1cc(NCCOc2ccc(C(N=N)=NN)cc2)nc(N)n1. The highest BCUT2D eigenvalue weighted by molar-refractivity contribution is 6.31. The summed E-state index contributed by atoms with van der Waals surface area (Å²) in [5, 5.41) is 10.5. The molecule has 10 heteroatoms. The summed E-state index contributed by atoms with van der Waals surface area (Å²) in [6.45, 7) is 2.84. The van der Waals surface area contributed by atoms with E-state index in [1.165, 1.54) is 0 Å². The van der Waals surface area contributed by atoms with Gasteiger partial charge in [0.15, 0.2) is 5.84 Å². The number of anilines is 2. The summed E-state index contributed by atoms with van der Waals surface area (Å²) in [4.78, 5) is 8.54. The normalized spacial score (nSPS) is 11.2. The zero-order valence-corrected chi connectivity index (χ0v) is 17.0. The number of amidine groups is 1. The first-order chi connectivity index (χ1) is 14.5. The number of nitrogens with one attached hydrogen (secondary N) is 2. The van der Waals surface area contributed by atoms with Gasteiger partial charge >= 0.3 is 0 Å². The lowest BCUT2D eigenvalue weighted by molar-refractivity contribution is 0.332. The Bertz CT molecular complexity index is 1070. The number of nitrogens with two attached hydrogens (primary N) is 2. The highest BCUT2D eigenvalue weighted by atomic mass is 35.5. The van der Waals surface area contributed by atoms with Crippen LogP contribution in [0.2, 0.25) is 5.02 Å². The molecular formula is C20H21ClN8O. The fraction of sp³-hybridized carbons (Fsp3) is 0.150. The molecule has 9 nitrogen and oxygen atoms in total. The van der Waals surface area contributed by atoms with Gasteiger partial charge in [-0.3, -0.25) is 0 Å². The van der Waals surface area contributed by atoms with E-state index in [9.17, 15) is 0 Å². The smallest absolute Gasteiger partial charge is 0.222 e. The van der Waals surface area contributed by atoms with Crippen LogP contribution >= 0.6 is 11.6 Å². The van der Waals surface area contributed by atoms with Crippen molar-refractivity contribution < 1.29 is 4.74 Å². The Kier molecular flexibility index (Phi) is 6.76. The van der Waals surface area contributed by atoms with E-state index < -0.39 is 0 Å². The standard InChI is InChI=1S/C20H21ClN8O/c1-12-15(3-2-4-16(12)21)17-11-18(27-20(22)26-17)25-9-10-30-14-7-5-13(6-8-14)19(28-23)29-24/h2-8,11,23H,9-10,24H2,1H3,(H3,22,25,26,27). The molecule has 1 aromatic heterocycles. The van der Waals surface area contributed by atoms with Crippen LogP contribution < -0.4 is 21.6 Å². The minimum atomic E-state index is 0.148. The van der Waals surface area contributed by atoms with E-state index in [-0.39, 0.29) is 11.8 Å². The lowest BCUT2D eigenvalue weighted by atomic mass is 10.1. The fourth-order valence-electron chi connectivity index (χ4n) is 2.80. The van der Waals surface area contributed by atoms with Gasteiger partial charge in [-0.1, -0.05) is 23.7 Å². The Balaban J connectivity index is 1.61. The van der Waals surface area contributed by atoms with Gasteiger partial charge in [-0.15, -0.1) is 5.11 Å². The second kappa shape index (κ2) is 9.66. The summed E-state index contributed by atoms with van der Waals surface area (Å²) in [6, 6.07) is 14.4. The van der Waals surface area contributed by atoms with Crippen LogP contribution in [0.25, 0.3) is 11.3 Å². The molecule has 3 rings (SSSR count). The second-order valence-electron chi connectivity index (χ2n) is 6.27.